The van der Waals surface area contributed by atoms with Crippen LogP contribution in [0.25, 0.3) is 0 Å². The van der Waals surface area contributed by atoms with Crippen molar-refractivity contribution in [2.75, 3.05) is 32.6 Å². The Labute approximate surface area is 165 Å². The first-order valence-electron chi connectivity index (χ1n) is 9.38. The number of benzene rings is 2. The minimum atomic E-state index is -0.0793. The highest BCUT2D eigenvalue weighted by molar-refractivity contribution is 5.96. The Morgan fingerprint density at radius 1 is 1.11 bits per heavy atom. The molecule has 28 heavy (non-hydrogen) atoms. The summed E-state index contributed by atoms with van der Waals surface area (Å²) >= 11 is 0. The molecule has 2 aromatic rings. The van der Waals surface area contributed by atoms with Gasteiger partial charge >= 0.3 is 0 Å². The number of likely N-dealkylation sites (tertiary alicyclic amines) is 1. The van der Waals surface area contributed by atoms with Gasteiger partial charge < -0.3 is 14.8 Å². The van der Waals surface area contributed by atoms with E-state index < -0.39 is 0 Å². The first kappa shape index (κ1) is 19.9. The molecule has 1 aliphatic rings. The molecule has 0 saturated carbocycles. The first-order chi connectivity index (χ1) is 13.5. The van der Waals surface area contributed by atoms with Crippen LogP contribution < -0.4 is 14.8 Å². The van der Waals surface area contributed by atoms with Gasteiger partial charge in [0.05, 0.1) is 20.8 Å². The van der Waals surface area contributed by atoms with Crippen LogP contribution in [0.5, 0.6) is 11.5 Å². The van der Waals surface area contributed by atoms with Gasteiger partial charge in [-0.15, -0.1) is 0 Å². The maximum absolute atomic E-state index is 12.6. The van der Waals surface area contributed by atoms with Crippen molar-refractivity contribution < 1.29 is 19.1 Å². The first-order valence-corrected chi connectivity index (χ1v) is 9.38. The molecule has 0 aliphatic carbocycles. The molecule has 148 valence electrons. The second-order valence-electron chi connectivity index (χ2n) is 6.92. The van der Waals surface area contributed by atoms with E-state index >= 15 is 0 Å². The molecule has 1 aliphatic heterocycles. The fourth-order valence-electron chi connectivity index (χ4n) is 3.64. The van der Waals surface area contributed by atoms with Gasteiger partial charge in [0.1, 0.15) is 11.5 Å². The molecule has 0 spiro atoms. The molecule has 0 aromatic heterocycles. The predicted octanol–water partition coefficient (Wildman–Crippen LogP) is 3.68. The van der Waals surface area contributed by atoms with Crippen molar-refractivity contribution in [3.05, 3.63) is 53.6 Å². The average Bonchev–Trinajstić information content (AvgIpc) is 3.15. The number of ether oxygens (including phenoxy) is 2. The number of hydrogen-bond donors (Lipinski definition) is 1. The molecule has 1 N–H and O–H groups in total. The fourth-order valence-corrected chi connectivity index (χ4v) is 3.64. The lowest BCUT2D eigenvalue weighted by Gasteiger charge is -2.26. The molecule has 1 heterocycles. The van der Waals surface area contributed by atoms with Crippen molar-refractivity contribution in [3.63, 3.8) is 0 Å². The smallest absolute Gasteiger partial charge is 0.238 e. The Morgan fingerprint density at radius 3 is 2.50 bits per heavy atom. The van der Waals surface area contributed by atoms with Crippen molar-refractivity contribution in [1.29, 1.82) is 0 Å². The van der Waals surface area contributed by atoms with E-state index in [-0.39, 0.29) is 17.7 Å². The van der Waals surface area contributed by atoms with E-state index in [1.54, 1.807) is 38.5 Å². The largest absolute Gasteiger partial charge is 0.497 e. The van der Waals surface area contributed by atoms with Gasteiger partial charge in [0.15, 0.2) is 5.78 Å². The van der Waals surface area contributed by atoms with Crippen LogP contribution in [0.2, 0.25) is 0 Å². The lowest BCUT2D eigenvalue weighted by Crippen LogP contribution is -2.33. The van der Waals surface area contributed by atoms with Crippen molar-refractivity contribution in [1.82, 2.24) is 4.90 Å². The van der Waals surface area contributed by atoms with Crippen LogP contribution in [0.15, 0.2) is 42.5 Å². The Hall–Kier alpha value is -2.86. The number of anilines is 1. The van der Waals surface area contributed by atoms with Crippen molar-refractivity contribution in [2.24, 2.45) is 0 Å². The van der Waals surface area contributed by atoms with Crippen LogP contribution >= 0.6 is 0 Å². The summed E-state index contributed by atoms with van der Waals surface area (Å²) in [4.78, 5) is 26.1. The zero-order valence-electron chi connectivity index (χ0n) is 16.5. The number of carbonyl (C=O) groups excluding carboxylic acids is 2. The molecule has 0 radical (unpaired) electrons. The van der Waals surface area contributed by atoms with Crippen LogP contribution in [0, 0.1) is 0 Å². The summed E-state index contributed by atoms with van der Waals surface area (Å²) in [5, 5.41) is 2.91. The molecule has 1 fully saturated rings. The average molecular weight is 382 g/mol. The topological polar surface area (TPSA) is 67.9 Å². The molecule has 1 saturated heterocycles. The zero-order valence-corrected chi connectivity index (χ0v) is 16.5. The number of carbonyl (C=O) groups is 2. The zero-order chi connectivity index (χ0) is 20.1. The number of hydrogen-bond acceptors (Lipinski definition) is 5. The minimum absolute atomic E-state index is 0.00465. The quantitative estimate of drug-likeness (QED) is 0.740. The summed E-state index contributed by atoms with van der Waals surface area (Å²) in [5.74, 6) is 1.50. The maximum Gasteiger partial charge on any atom is 0.238 e. The molecule has 6 heteroatoms. The van der Waals surface area contributed by atoms with Gasteiger partial charge in [-0.3, -0.25) is 14.5 Å². The highest BCUT2D eigenvalue weighted by atomic mass is 16.5. The van der Waals surface area contributed by atoms with Crippen molar-refractivity contribution >= 4 is 17.4 Å². The van der Waals surface area contributed by atoms with Gasteiger partial charge in [-0.1, -0.05) is 0 Å². The summed E-state index contributed by atoms with van der Waals surface area (Å²) in [6.45, 7) is 2.66. The van der Waals surface area contributed by atoms with E-state index in [2.05, 4.69) is 10.2 Å². The second kappa shape index (κ2) is 8.89. The van der Waals surface area contributed by atoms with E-state index in [1.165, 1.54) is 6.92 Å². The Bertz CT molecular complexity index is 848. The standard InChI is InChI=1S/C22H26N2O4/c1-15(25)16-6-8-17(9-7-16)23-22(26)14-24-12-4-5-20(24)19-13-18(27-2)10-11-21(19)28-3/h6-11,13,20H,4-5,12,14H2,1-3H3,(H,23,26)/t20-/m1/s1. The van der Waals surface area contributed by atoms with E-state index in [4.69, 9.17) is 9.47 Å². The molecule has 0 unspecified atom stereocenters. The van der Waals surface area contributed by atoms with Gasteiger partial charge in [-0.2, -0.15) is 0 Å². The van der Waals surface area contributed by atoms with E-state index in [0.717, 1.165) is 36.4 Å². The van der Waals surface area contributed by atoms with Gasteiger partial charge in [-0.25, -0.2) is 0 Å². The molecule has 1 atom stereocenters. The SMILES string of the molecule is COc1ccc(OC)c([C@H]2CCCN2CC(=O)Nc2ccc(C(C)=O)cc2)c1. The number of nitrogens with zero attached hydrogens (tertiary/aromatic N) is 1. The van der Waals surface area contributed by atoms with E-state index in [9.17, 15) is 9.59 Å². The predicted molar refractivity (Wildman–Crippen MR) is 108 cm³/mol. The molecule has 1 amide bonds. The van der Waals surface area contributed by atoms with Gasteiger partial charge in [-0.05, 0) is 68.8 Å². The number of rotatable bonds is 7. The van der Waals surface area contributed by atoms with Gasteiger partial charge in [0.25, 0.3) is 0 Å². The third kappa shape index (κ3) is 4.51. The summed E-state index contributed by atoms with van der Waals surface area (Å²) in [6, 6.07) is 12.8. The third-order valence-corrected chi connectivity index (χ3v) is 5.08. The van der Waals surface area contributed by atoms with Crippen molar-refractivity contribution in [2.45, 2.75) is 25.8 Å². The van der Waals surface area contributed by atoms with E-state index in [1.807, 2.05) is 18.2 Å². The number of nitrogens with one attached hydrogen (secondary N) is 1. The highest BCUT2D eigenvalue weighted by Gasteiger charge is 2.30. The maximum atomic E-state index is 12.6. The molecule has 2 aromatic carbocycles. The number of ketones is 1. The Kier molecular flexibility index (Phi) is 6.31. The lowest BCUT2D eigenvalue weighted by molar-refractivity contribution is -0.117. The van der Waals surface area contributed by atoms with Crippen LogP contribution in [0.3, 0.4) is 0 Å². The third-order valence-electron chi connectivity index (χ3n) is 5.08. The minimum Gasteiger partial charge on any atom is -0.497 e. The molecular weight excluding hydrogens is 356 g/mol. The fraction of sp³-hybridized carbons (Fsp3) is 0.364. The van der Waals surface area contributed by atoms with Crippen molar-refractivity contribution in [3.8, 4) is 11.5 Å². The van der Waals surface area contributed by atoms with Crippen LogP contribution in [-0.2, 0) is 4.79 Å². The molecule has 0 bridgehead atoms. The summed E-state index contributed by atoms with van der Waals surface area (Å²) in [7, 11) is 3.30. The van der Waals surface area contributed by atoms with Crippen LogP contribution in [0.1, 0.15) is 41.7 Å². The summed E-state index contributed by atoms with van der Waals surface area (Å²) < 4.78 is 10.9. The van der Waals surface area contributed by atoms with Crippen LogP contribution in [0.4, 0.5) is 5.69 Å². The van der Waals surface area contributed by atoms with Gasteiger partial charge in [0, 0.05) is 22.9 Å². The molecule has 6 nitrogen and oxygen atoms in total. The number of Topliss-reactive ketones (excluding diaryl/α,β-unsaturated/α-hetero) is 1. The van der Waals surface area contributed by atoms with E-state index in [0.29, 0.717) is 17.8 Å². The normalized spacial score (nSPS) is 16.6. The summed E-state index contributed by atoms with van der Waals surface area (Å²) in [6.07, 6.45) is 1.98. The van der Waals surface area contributed by atoms with Gasteiger partial charge in [0.2, 0.25) is 5.91 Å². The number of amides is 1. The lowest BCUT2D eigenvalue weighted by atomic mass is 10.0. The van der Waals surface area contributed by atoms with Crippen LogP contribution in [-0.4, -0.2) is 43.9 Å². The highest BCUT2D eigenvalue weighted by Crippen LogP contribution is 2.38. The number of methoxy groups -OCH3 is 2. The Morgan fingerprint density at radius 2 is 1.86 bits per heavy atom. The molecular formula is C22H26N2O4. The monoisotopic (exact) mass is 382 g/mol. The summed E-state index contributed by atoms with van der Waals surface area (Å²) in [5.41, 5.74) is 2.35. The Balaban J connectivity index is 1.69. The molecule has 3 rings (SSSR count). The second-order valence-corrected chi connectivity index (χ2v) is 6.92.